The highest BCUT2D eigenvalue weighted by Gasteiger charge is 2.40. The molecule has 0 aliphatic carbocycles. The van der Waals surface area contributed by atoms with Gasteiger partial charge in [-0.2, -0.15) is 0 Å². The summed E-state index contributed by atoms with van der Waals surface area (Å²) in [5.41, 5.74) is 2.81. The van der Waals surface area contributed by atoms with E-state index in [9.17, 15) is 9.59 Å². The predicted molar refractivity (Wildman–Crippen MR) is 120 cm³/mol. The van der Waals surface area contributed by atoms with Gasteiger partial charge in [-0.1, -0.05) is 24.3 Å². The lowest BCUT2D eigenvalue weighted by molar-refractivity contribution is -0.132. The average Bonchev–Trinajstić information content (AvgIpc) is 2.76. The fourth-order valence-electron chi connectivity index (χ4n) is 3.62. The Kier molecular flexibility index (Phi) is 5.71. The van der Waals surface area contributed by atoms with Gasteiger partial charge in [0.25, 0.3) is 5.91 Å². The lowest BCUT2D eigenvalue weighted by Gasteiger charge is -2.38. The number of benzene rings is 2. The van der Waals surface area contributed by atoms with Crippen LogP contribution in [0, 0.1) is 0 Å². The normalized spacial score (nSPS) is 14.5. The van der Waals surface area contributed by atoms with Gasteiger partial charge < -0.3 is 15.0 Å². The molecule has 0 unspecified atom stereocenters. The van der Waals surface area contributed by atoms with Gasteiger partial charge in [0.1, 0.15) is 5.75 Å². The first kappa shape index (κ1) is 20.6. The molecule has 0 saturated carbocycles. The molecule has 2 amide bonds. The number of aromatic nitrogens is 1. The molecule has 2 aromatic carbocycles. The van der Waals surface area contributed by atoms with E-state index in [2.05, 4.69) is 10.3 Å². The van der Waals surface area contributed by atoms with Crippen LogP contribution in [0.15, 0.2) is 73.1 Å². The van der Waals surface area contributed by atoms with E-state index in [1.54, 1.807) is 31.1 Å². The SMILES string of the molecule is CC1(C)Oc2ccccc2N(CCC(=O)Nc2ccc(Cc3ccncc3)cc2)C1=O. The third-order valence-corrected chi connectivity index (χ3v) is 5.24. The molecule has 6 heteroatoms. The molecular weight excluding hydrogens is 390 g/mol. The Morgan fingerprint density at radius 3 is 2.42 bits per heavy atom. The van der Waals surface area contributed by atoms with Crippen LogP contribution in [0.2, 0.25) is 0 Å². The van der Waals surface area contributed by atoms with E-state index in [0.29, 0.717) is 11.4 Å². The van der Waals surface area contributed by atoms with Crippen LogP contribution in [0.5, 0.6) is 5.75 Å². The van der Waals surface area contributed by atoms with Crippen molar-refractivity contribution in [1.29, 1.82) is 0 Å². The van der Waals surface area contributed by atoms with Crippen molar-refractivity contribution in [2.45, 2.75) is 32.3 Å². The minimum absolute atomic E-state index is 0.142. The fourth-order valence-corrected chi connectivity index (χ4v) is 3.62. The number of carbonyl (C=O) groups excluding carboxylic acids is 2. The lowest BCUT2D eigenvalue weighted by Crippen LogP contribution is -2.53. The number of hydrogen-bond acceptors (Lipinski definition) is 4. The number of para-hydroxylation sites is 2. The quantitative estimate of drug-likeness (QED) is 0.655. The van der Waals surface area contributed by atoms with E-state index in [4.69, 9.17) is 4.74 Å². The summed E-state index contributed by atoms with van der Waals surface area (Å²) in [5, 5.41) is 2.91. The highest BCUT2D eigenvalue weighted by molar-refractivity contribution is 6.03. The van der Waals surface area contributed by atoms with Gasteiger partial charge in [-0.3, -0.25) is 14.6 Å². The maximum Gasteiger partial charge on any atom is 0.270 e. The molecule has 1 aliphatic heterocycles. The van der Waals surface area contributed by atoms with Gasteiger partial charge in [-0.25, -0.2) is 0 Å². The van der Waals surface area contributed by atoms with Crippen molar-refractivity contribution in [1.82, 2.24) is 4.98 Å². The average molecular weight is 415 g/mol. The van der Waals surface area contributed by atoms with Gasteiger partial charge >= 0.3 is 0 Å². The highest BCUT2D eigenvalue weighted by Crippen LogP contribution is 2.37. The number of anilines is 2. The van der Waals surface area contributed by atoms with Crippen molar-refractivity contribution < 1.29 is 14.3 Å². The zero-order valence-electron chi connectivity index (χ0n) is 17.7. The molecule has 0 spiro atoms. The van der Waals surface area contributed by atoms with Crippen LogP contribution >= 0.6 is 0 Å². The zero-order valence-corrected chi connectivity index (χ0v) is 17.7. The molecule has 3 aromatic rings. The first-order valence-corrected chi connectivity index (χ1v) is 10.3. The van der Waals surface area contributed by atoms with Crippen LogP contribution in [0.3, 0.4) is 0 Å². The molecule has 158 valence electrons. The van der Waals surface area contributed by atoms with Crippen LogP contribution in [0.25, 0.3) is 0 Å². The number of hydrogen-bond donors (Lipinski definition) is 1. The second-order valence-corrected chi connectivity index (χ2v) is 8.06. The fraction of sp³-hybridized carbons (Fsp3) is 0.240. The third-order valence-electron chi connectivity index (χ3n) is 5.24. The van der Waals surface area contributed by atoms with Crippen LogP contribution in [0.4, 0.5) is 11.4 Å². The Balaban J connectivity index is 1.36. The number of nitrogens with one attached hydrogen (secondary N) is 1. The van der Waals surface area contributed by atoms with Gasteiger partial charge in [0.2, 0.25) is 5.91 Å². The molecule has 0 saturated heterocycles. The molecule has 4 rings (SSSR count). The number of nitrogens with zero attached hydrogens (tertiary/aromatic N) is 2. The number of amides is 2. The highest BCUT2D eigenvalue weighted by atomic mass is 16.5. The van der Waals surface area contributed by atoms with E-state index < -0.39 is 5.60 Å². The van der Waals surface area contributed by atoms with Crippen molar-refractivity contribution in [3.63, 3.8) is 0 Å². The summed E-state index contributed by atoms with van der Waals surface area (Å²) in [6.07, 6.45) is 4.56. The molecule has 1 N–H and O–H groups in total. The molecule has 31 heavy (non-hydrogen) atoms. The molecular formula is C25H25N3O3. The minimum Gasteiger partial charge on any atom is -0.476 e. The summed E-state index contributed by atoms with van der Waals surface area (Å²) < 4.78 is 5.82. The van der Waals surface area contributed by atoms with Gasteiger partial charge in [0.15, 0.2) is 5.60 Å². The maximum absolute atomic E-state index is 12.8. The topological polar surface area (TPSA) is 71.5 Å². The maximum atomic E-state index is 12.8. The summed E-state index contributed by atoms with van der Waals surface area (Å²) in [7, 11) is 0. The van der Waals surface area contributed by atoms with Crippen LogP contribution in [0.1, 0.15) is 31.4 Å². The molecule has 2 heterocycles. The molecule has 1 aromatic heterocycles. The Bertz CT molecular complexity index is 1080. The van der Waals surface area contributed by atoms with Crippen LogP contribution in [-0.4, -0.2) is 28.9 Å². The largest absolute Gasteiger partial charge is 0.476 e. The summed E-state index contributed by atoms with van der Waals surface area (Å²) in [6, 6.07) is 19.2. The smallest absolute Gasteiger partial charge is 0.270 e. The van der Waals surface area contributed by atoms with Crippen molar-refractivity contribution in [3.05, 3.63) is 84.2 Å². The van der Waals surface area contributed by atoms with Crippen LogP contribution in [-0.2, 0) is 16.0 Å². The monoisotopic (exact) mass is 415 g/mol. The lowest BCUT2D eigenvalue weighted by atomic mass is 10.0. The number of fused-ring (bicyclic) bond motifs is 1. The van der Waals surface area contributed by atoms with Gasteiger partial charge in [0, 0.05) is 31.0 Å². The zero-order chi connectivity index (χ0) is 21.8. The minimum atomic E-state index is -0.963. The molecule has 0 atom stereocenters. The Hall–Kier alpha value is -3.67. The summed E-state index contributed by atoms with van der Waals surface area (Å²) in [5.74, 6) is 0.355. The molecule has 6 nitrogen and oxygen atoms in total. The Labute approximate surface area is 181 Å². The number of ether oxygens (including phenoxy) is 1. The standard InChI is InChI=1S/C25H25N3O3/c1-25(2)24(30)28(21-5-3-4-6-22(21)31-25)16-13-23(29)27-20-9-7-18(8-10-20)17-19-11-14-26-15-12-19/h3-12,14-15H,13,16-17H2,1-2H3,(H,27,29). The van der Waals surface area contributed by atoms with Crippen molar-refractivity contribution in [2.75, 3.05) is 16.8 Å². The van der Waals surface area contributed by atoms with Gasteiger partial charge in [0.05, 0.1) is 5.69 Å². The summed E-state index contributed by atoms with van der Waals surface area (Å²) >= 11 is 0. The van der Waals surface area contributed by atoms with Crippen molar-refractivity contribution in [3.8, 4) is 5.75 Å². The molecule has 0 radical (unpaired) electrons. The second-order valence-electron chi connectivity index (χ2n) is 8.06. The Morgan fingerprint density at radius 1 is 1.00 bits per heavy atom. The second kappa shape index (κ2) is 8.60. The number of carbonyl (C=O) groups is 2. The van der Waals surface area contributed by atoms with Gasteiger partial charge in [-0.15, -0.1) is 0 Å². The van der Waals surface area contributed by atoms with E-state index in [-0.39, 0.29) is 24.8 Å². The summed E-state index contributed by atoms with van der Waals surface area (Å²) in [6.45, 7) is 3.77. The third kappa shape index (κ3) is 4.74. The first-order chi connectivity index (χ1) is 14.9. The summed E-state index contributed by atoms with van der Waals surface area (Å²) in [4.78, 5) is 31.0. The number of rotatable bonds is 6. The van der Waals surface area contributed by atoms with Gasteiger partial charge in [-0.05, 0) is 67.8 Å². The van der Waals surface area contributed by atoms with E-state index in [0.717, 1.165) is 17.7 Å². The molecule has 0 bridgehead atoms. The van der Waals surface area contributed by atoms with E-state index in [1.165, 1.54) is 5.56 Å². The molecule has 0 fully saturated rings. The van der Waals surface area contributed by atoms with Crippen LogP contribution < -0.4 is 15.0 Å². The Morgan fingerprint density at radius 2 is 1.68 bits per heavy atom. The van der Waals surface area contributed by atoms with Crippen molar-refractivity contribution >= 4 is 23.2 Å². The predicted octanol–water partition coefficient (Wildman–Crippen LogP) is 4.21. The van der Waals surface area contributed by atoms with E-state index in [1.807, 2.05) is 60.7 Å². The van der Waals surface area contributed by atoms with Crippen molar-refractivity contribution in [2.24, 2.45) is 0 Å². The van der Waals surface area contributed by atoms with E-state index >= 15 is 0 Å². The first-order valence-electron chi connectivity index (χ1n) is 10.3. The molecule has 1 aliphatic rings. The number of pyridine rings is 1.